The number of hydrogen-bond donors (Lipinski definition) is 0. The van der Waals surface area contributed by atoms with E-state index < -0.39 is 0 Å². The lowest BCUT2D eigenvalue weighted by molar-refractivity contribution is 0.231. The average Bonchev–Trinajstić information content (AvgIpc) is 2.26. The van der Waals surface area contributed by atoms with Crippen LogP contribution >= 0.6 is 0 Å². The Morgan fingerprint density at radius 2 is 2.14 bits per heavy atom. The van der Waals surface area contributed by atoms with E-state index in [2.05, 4.69) is 25.1 Å². The molecular weight excluding hydrogens is 172 g/mol. The van der Waals surface area contributed by atoms with Crippen LogP contribution in [0.3, 0.4) is 0 Å². The van der Waals surface area contributed by atoms with Crippen molar-refractivity contribution in [3.8, 4) is 5.75 Å². The van der Waals surface area contributed by atoms with Crippen LogP contribution in [0.2, 0.25) is 0 Å². The summed E-state index contributed by atoms with van der Waals surface area (Å²) in [5.41, 5.74) is 1.19. The Labute approximate surface area is 85.4 Å². The summed E-state index contributed by atoms with van der Waals surface area (Å²) in [6.45, 7) is 2.21. The first-order chi connectivity index (χ1) is 6.90. The second-order valence-electron chi connectivity index (χ2n) is 3.70. The predicted octanol–water partition coefficient (Wildman–Crippen LogP) is 3.65. The van der Waals surface area contributed by atoms with Crippen molar-refractivity contribution in [3.05, 3.63) is 35.9 Å². The zero-order chi connectivity index (χ0) is 9.80. The molecule has 1 atom stereocenters. The molecular formula is C13H16O. The van der Waals surface area contributed by atoms with Gasteiger partial charge in [0, 0.05) is 5.56 Å². The van der Waals surface area contributed by atoms with E-state index in [9.17, 15) is 0 Å². The van der Waals surface area contributed by atoms with Crippen LogP contribution in [-0.4, -0.2) is 6.10 Å². The third-order valence-corrected chi connectivity index (χ3v) is 2.53. The van der Waals surface area contributed by atoms with Crippen LogP contribution in [0.5, 0.6) is 5.75 Å². The molecule has 1 aromatic rings. The van der Waals surface area contributed by atoms with Gasteiger partial charge < -0.3 is 4.74 Å². The second-order valence-corrected chi connectivity index (χ2v) is 3.70. The van der Waals surface area contributed by atoms with Gasteiger partial charge in [-0.2, -0.15) is 0 Å². The Morgan fingerprint density at radius 1 is 1.29 bits per heavy atom. The normalized spacial score (nSPS) is 18.8. The molecule has 0 aromatic heterocycles. The lowest BCUT2D eigenvalue weighted by Gasteiger charge is -2.21. The minimum Gasteiger partial charge on any atom is -0.486 e. The van der Waals surface area contributed by atoms with Crippen molar-refractivity contribution in [1.82, 2.24) is 0 Å². The van der Waals surface area contributed by atoms with Gasteiger partial charge in [0.15, 0.2) is 0 Å². The van der Waals surface area contributed by atoms with Crippen molar-refractivity contribution >= 4 is 6.08 Å². The molecule has 1 heteroatoms. The Morgan fingerprint density at radius 3 is 3.00 bits per heavy atom. The van der Waals surface area contributed by atoms with E-state index in [-0.39, 0.29) is 6.10 Å². The first-order valence-corrected chi connectivity index (χ1v) is 5.34. The molecule has 0 amide bonds. The van der Waals surface area contributed by atoms with Gasteiger partial charge in [0.25, 0.3) is 0 Å². The molecule has 1 aromatic carbocycles. The number of para-hydroxylation sites is 1. The molecule has 14 heavy (non-hydrogen) atoms. The summed E-state index contributed by atoms with van der Waals surface area (Å²) in [5, 5.41) is 0. The SMILES string of the molecule is CCCCC1C=Cc2ccccc2O1. The van der Waals surface area contributed by atoms with Crippen LogP contribution in [0.15, 0.2) is 30.3 Å². The van der Waals surface area contributed by atoms with Crippen LogP contribution in [0.25, 0.3) is 6.08 Å². The Kier molecular flexibility index (Phi) is 2.87. The maximum atomic E-state index is 5.85. The van der Waals surface area contributed by atoms with Gasteiger partial charge in [0.05, 0.1) is 0 Å². The summed E-state index contributed by atoms with van der Waals surface area (Å²) in [7, 11) is 0. The molecule has 1 aliphatic rings. The molecule has 0 bridgehead atoms. The number of unbranched alkanes of at least 4 members (excludes halogenated alkanes) is 1. The topological polar surface area (TPSA) is 9.23 Å². The predicted molar refractivity (Wildman–Crippen MR) is 59.4 cm³/mol. The summed E-state index contributed by atoms with van der Waals surface area (Å²) >= 11 is 0. The molecule has 0 saturated carbocycles. The zero-order valence-corrected chi connectivity index (χ0v) is 8.57. The van der Waals surface area contributed by atoms with E-state index in [4.69, 9.17) is 4.74 Å². The fraction of sp³-hybridized carbons (Fsp3) is 0.385. The highest BCUT2D eigenvalue weighted by Gasteiger charge is 2.12. The van der Waals surface area contributed by atoms with Gasteiger partial charge in [0.2, 0.25) is 0 Å². The summed E-state index contributed by atoms with van der Waals surface area (Å²) < 4.78 is 5.85. The number of ether oxygens (including phenoxy) is 1. The fourth-order valence-electron chi connectivity index (χ4n) is 1.70. The Hall–Kier alpha value is -1.24. The van der Waals surface area contributed by atoms with E-state index in [1.54, 1.807) is 0 Å². The number of benzene rings is 1. The van der Waals surface area contributed by atoms with Gasteiger partial charge in [-0.15, -0.1) is 0 Å². The smallest absolute Gasteiger partial charge is 0.127 e. The summed E-state index contributed by atoms with van der Waals surface area (Å²) in [5.74, 6) is 1.02. The molecule has 0 radical (unpaired) electrons. The monoisotopic (exact) mass is 188 g/mol. The van der Waals surface area contributed by atoms with Gasteiger partial charge in [-0.1, -0.05) is 37.6 Å². The molecule has 1 unspecified atom stereocenters. The fourth-order valence-corrected chi connectivity index (χ4v) is 1.70. The van der Waals surface area contributed by atoms with E-state index in [0.717, 1.165) is 12.2 Å². The third-order valence-electron chi connectivity index (χ3n) is 2.53. The molecule has 0 fully saturated rings. The van der Waals surface area contributed by atoms with Crippen molar-refractivity contribution in [2.75, 3.05) is 0 Å². The van der Waals surface area contributed by atoms with Crippen LogP contribution in [0.4, 0.5) is 0 Å². The molecule has 0 N–H and O–H groups in total. The van der Waals surface area contributed by atoms with Crippen molar-refractivity contribution in [1.29, 1.82) is 0 Å². The van der Waals surface area contributed by atoms with Gasteiger partial charge >= 0.3 is 0 Å². The average molecular weight is 188 g/mol. The highest BCUT2D eigenvalue weighted by Crippen LogP contribution is 2.26. The lowest BCUT2D eigenvalue weighted by Crippen LogP contribution is -2.16. The van der Waals surface area contributed by atoms with E-state index >= 15 is 0 Å². The van der Waals surface area contributed by atoms with Crippen LogP contribution < -0.4 is 4.74 Å². The Balaban J connectivity index is 2.06. The number of rotatable bonds is 3. The van der Waals surface area contributed by atoms with Gasteiger partial charge in [0.1, 0.15) is 11.9 Å². The third kappa shape index (κ3) is 1.98. The molecule has 0 spiro atoms. The first-order valence-electron chi connectivity index (χ1n) is 5.34. The largest absolute Gasteiger partial charge is 0.486 e. The zero-order valence-electron chi connectivity index (χ0n) is 8.57. The van der Waals surface area contributed by atoms with Crippen molar-refractivity contribution in [2.45, 2.75) is 32.3 Å². The van der Waals surface area contributed by atoms with Crippen LogP contribution in [-0.2, 0) is 0 Å². The molecule has 1 heterocycles. The van der Waals surface area contributed by atoms with E-state index in [1.807, 2.05) is 18.2 Å². The maximum Gasteiger partial charge on any atom is 0.127 e. The standard InChI is InChI=1S/C13H16O/c1-2-3-7-12-10-9-11-6-4-5-8-13(11)14-12/h4-6,8-10,12H,2-3,7H2,1H3. The number of hydrogen-bond acceptors (Lipinski definition) is 1. The molecule has 1 nitrogen and oxygen atoms in total. The minimum absolute atomic E-state index is 0.282. The van der Waals surface area contributed by atoms with Crippen molar-refractivity contribution in [2.24, 2.45) is 0 Å². The Bertz CT molecular complexity index is 328. The van der Waals surface area contributed by atoms with Gasteiger partial charge in [-0.3, -0.25) is 0 Å². The quantitative estimate of drug-likeness (QED) is 0.703. The van der Waals surface area contributed by atoms with Gasteiger partial charge in [-0.05, 0) is 25.0 Å². The first kappa shape index (κ1) is 9.32. The van der Waals surface area contributed by atoms with Crippen molar-refractivity contribution in [3.63, 3.8) is 0 Å². The van der Waals surface area contributed by atoms with E-state index in [1.165, 1.54) is 18.4 Å². The molecule has 0 saturated heterocycles. The summed E-state index contributed by atoms with van der Waals surface area (Å²) in [6.07, 6.45) is 8.20. The maximum absolute atomic E-state index is 5.85. The highest BCUT2D eigenvalue weighted by molar-refractivity contribution is 5.59. The molecule has 1 aliphatic heterocycles. The molecule has 74 valence electrons. The highest BCUT2D eigenvalue weighted by atomic mass is 16.5. The summed E-state index contributed by atoms with van der Waals surface area (Å²) in [4.78, 5) is 0. The van der Waals surface area contributed by atoms with Crippen LogP contribution in [0, 0.1) is 0 Å². The lowest BCUT2D eigenvalue weighted by atomic mass is 10.1. The van der Waals surface area contributed by atoms with Crippen LogP contribution in [0.1, 0.15) is 31.7 Å². The summed E-state index contributed by atoms with van der Waals surface area (Å²) in [6, 6.07) is 8.19. The number of fused-ring (bicyclic) bond motifs is 1. The second kappa shape index (κ2) is 4.32. The van der Waals surface area contributed by atoms with Crippen molar-refractivity contribution < 1.29 is 4.74 Å². The van der Waals surface area contributed by atoms with Gasteiger partial charge in [-0.25, -0.2) is 0 Å². The van der Waals surface area contributed by atoms with E-state index in [0.29, 0.717) is 0 Å². The minimum atomic E-state index is 0.282. The molecule has 0 aliphatic carbocycles. The molecule has 2 rings (SSSR count).